The van der Waals surface area contributed by atoms with Gasteiger partial charge in [-0.05, 0) is 35.0 Å². The molecule has 0 fully saturated rings. The molecule has 3 N–H and O–H groups in total. The first-order chi connectivity index (χ1) is 7.91. The van der Waals surface area contributed by atoms with Gasteiger partial charge >= 0.3 is 5.69 Å². The number of rotatable bonds is 3. The van der Waals surface area contributed by atoms with E-state index < -0.39 is 10.0 Å². The zero-order valence-corrected chi connectivity index (χ0v) is 11.3. The minimum atomic E-state index is -3.34. The number of hydrogen-bond acceptors (Lipinski definition) is 3. The van der Waals surface area contributed by atoms with Crippen molar-refractivity contribution in [1.29, 1.82) is 0 Å². The molecule has 1 aromatic heterocycles. The predicted molar refractivity (Wildman–Crippen MR) is 69.7 cm³/mol. The number of aromatic nitrogens is 2. The summed E-state index contributed by atoms with van der Waals surface area (Å²) < 4.78 is 25.9. The fourth-order valence-electron chi connectivity index (χ4n) is 1.37. The summed E-state index contributed by atoms with van der Waals surface area (Å²) >= 11 is 3.25. The van der Waals surface area contributed by atoms with Crippen LogP contribution in [0.1, 0.15) is 6.92 Å². The average molecular weight is 320 g/mol. The molecule has 0 aliphatic rings. The lowest BCUT2D eigenvalue weighted by molar-refractivity contribution is 0.602. The topological polar surface area (TPSA) is 94.8 Å². The smallest absolute Gasteiger partial charge is 0.306 e. The summed E-state index contributed by atoms with van der Waals surface area (Å²) in [5.74, 6) is -0.0128. The van der Waals surface area contributed by atoms with Crippen LogP contribution in [0.4, 0.5) is 5.69 Å². The first kappa shape index (κ1) is 12.2. The number of benzene rings is 1. The molecular formula is C9H10BrN3O3S. The Morgan fingerprint density at radius 3 is 2.47 bits per heavy atom. The molecule has 6 nitrogen and oxygen atoms in total. The molecule has 0 aliphatic heterocycles. The van der Waals surface area contributed by atoms with Gasteiger partial charge in [-0.2, -0.15) is 0 Å². The van der Waals surface area contributed by atoms with Crippen LogP contribution in [0.25, 0.3) is 11.0 Å². The second-order valence-corrected chi connectivity index (χ2v) is 6.33. The first-order valence-corrected chi connectivity index (χ1v) is 7.28. The van der Waals surface area contributed by atoms with Crippen molar-refractivity contribution in [1.82, 2.24) is 9.97 Å². The van der Waals surface area contributed by atoms with Crippen LogP contribution in [0.15, 0.2) is 21.4 Å². The number of halogens is 1. The maximum absolute atomic E-state index is 11.5. The molecule has 17 heavy (non-hydrogen) atoms. The van der Waals surface area contributed by atoms with Gasteiger partial charge in [0.25, 0.3) is 0 Å². The molecule has 1 heterocycles. The number of aromatic amines is 2. The van der Waals surface area contributed by atoms with Gasteiger partial charge in [-0.15, -0.1) is 0 Å². The first-order valence-electron chi connectivity index (χ1n) is 4.83. The van der Waals surface area contributed by atoms with Crippen molar-refractivity contribution in [3.05, 3.63) is 27.1 Å². The summed E-state index contributed by atoms with van der Waals surface area (Å²) in [6.07, 6.45) is 0. The van der Waals surface area contributed by atoms with Gasteiger partial charge in [-0.3, -0.25) is 4.72 Å². The van der Waals surface area contributed by atoms with Gasteiger partial charge in [-0.1, -0.05) is 0 Å². The van der Waals surface area contributed by atoms with Crippen molar-refractivity contribution in [3.63, 3.8) is 0 Å². The molecule has 0 bridgehead atoms. The molecule has 92 valence electrons. The highest BCUT2D eigenvalue weighted by Crippen LogP contribution is 2.27. The lowest BCUT2D eigenvalue weighted by Gasteiger charge is -2.07. The van der Waals surface area contributed by atoms with E-state index in [1.165, 1.54) is 0 Å². The van der Waals surface area contributed by atoms with E-state index in [0.717, 1.165) is 0 Å². The largest absolute Gasteiger partial charge is 0.323 e. The summed E-state index contributed by atoms with van der Waals surface area (Å²) in [6, 6.07) is 3.20. The van der Waals surface area contributed by atoms with Crippen LogP contribution in [0.5, 0.6) is 0 Å². The number of nitrogens with one attached hydrogen (secondary N) is 3. The summed E-state index contributed by atoms with van der Waals surface area (Å²) in [5, 5.41) is 0. The zero-order chi connectivity index (χ0) is 12.6. The Bertz CT molecular complexity index is 717. The second kappa shape index (κ2) is 4.19. The summed E-state index contributed by atoms with van der Waals surface area (Å²) in [7, 11) is -3.34. The monoisotopic (exact) mass is 319 g/mol. The number of H-pyrrole nitrogens is 2. The highest BCUT2D eigenvalue weighted by Gasteiger charge is 2.11. The fourth-order valence-corrected chi connectivity index (χ4v) is 2.60. The molecule has 2 aromatic rings. The SMILES string of the molecule is CCS(=O)(=O)Nc1cc2[nH]c(=O)[nH]c2cc1Br. The number of fused-ring (bicyclic) bond motifs is 1. The summed E-state index contributed by atoms with van der Waals surface area (Å²) in [4.78, 5) is 16.2. The van der Waals surface area contributed by atoms with Crippen molar-refractivity contribution < 1.29 is 8.42 Å². The van der Waals surface area contributed by atoms with Crippen molar-refractivity contribution in [2.24, 2.45) is 0 Å². The normalized spacial score (nSPS) is 11.9. The number of hydrogen-bond donors (Lipinski definition) is 3. The van der Waals surface area contributed by atoms with E-state index in [2.05, 4.69) is 30.6 Å². The third-order valence-corrected chi connectivity index (χ3v) is 4.20. The number of imidazole rings is 1. The van der Waals surface area contributed by atoms with Crippen LogP contribution < -0.4 is 10.4 Å². The van der Waals surface area contributed by atoms with E-state index in [1.54, 1.807) is 19.1 Å². The Kier molecular flexibility index (Phi) is 3.00. The average Bonchev–Trinajstić information content (AvgIpc) is 2.58. The molecule has 0 atom stereocenters. The number of sulfonamides is 1. The molecule has 8 heteroatoms. The molecule has 0 aliphatic carbocycles. The molecule has 1 aromatic carbocycles. The Labute approximate surface area is 106 Å². The minimum Gasteiger partial charge on any atom is -0.306 e. The maximum Gasteiger partial charge on any atom is 0.323 e. The van der Waals surface area contributed by atoms with Crippen molar-refractivity contribution in [2.45, 2.75) is 6.92 Å². The quantitative estimate of drug-likeness (QED) is 0.797. The van der Waals surface area contributed by atoms with Crippen LogP contribution in [0.2, 0.25) is 0 Å². The molecule has 0 unspecified atom stereocenters. The van der Waals surface area contributed by atoms with Crippen molar-refractivity contribution in [3.8, 4) is 0 Å². The molecular weight excluding hydrogens is 310 g/mol. The Hall–Kier alpha value is -1.28. The molecule has 0 amide bonds. The zero-order valence-electron chi connectivity index (χ0n) is 8.87. The fraction of sp³-hybridized carbons (Fsp3) is 0.222. The highest BCUT2D eigenvalue weighted by atomic mass is 79.9. The summed E-state index contributed by atoms with van der Waals surface area (Å²) in [6.45, 7) is 1.55. The molecule has 0 radical (unpaired) electrons. The third-order valence-electron chi connectivity index (χ3n) is 2.25. The highest BCUT2D eigenvalue weighted by molar-refractivity contribution is 9.10. The lowest BCUT2D eigenvalue weighted by Crippen LogP contribution is -2.14. The third kappa shape index (κ3) is 2.52. The molecule has 2 rings (SSSR count). The van der Waals surface area contributed by atoms with Crippen LogP contribution in [-0.4, -0.2) is 24.1 Å². The van der Waals surface area contributed by atoms with Crippen LogP contribution in [-0.2, 0) is 10.0 Å². The standard InChI is InChI=1S/C9H10BrN3O3S/c1-2-17(15,16)13-6-4-8-7(3-5(6)10)11-9(14)12-8/h3-4,13H,2H2,1H3,(H2,11,12,14). The van der Waals surface area contributed by atoms with Gasteiger partial charge in [0.05, 0.1) is 22.5 Å². The summed E-state index contributed by atoms with van der Waals surface area (Å²) in [5.41, 5.74) is 1.23. The molecule has 0 spiro atoms. The second-order valence-electron chi connectivity index (χ2n) is 3.46. The predicted octanol–water partition coefficient (Wildman–Crippen LogP) is 1.38. The van der Waals surface area contributed by atoms with Crippen LogP contribution >= 0.6 is 15.9 Å². The van der Waals surface area contributed by atoms with E-state index in [9.17, 15) is 13.2 Å². The van der Waals surface area contributed by atoms with E-state index in [-0.39, 0.29) is 11.4 Å². The maximum atomic E-state index is 11.5. The minimum absolute atomic E-state index is 0.0128. The molecule has 0 saturated carbocycles. The van der Waals surface area contributed by atoms with Crippen molar-refractivity contribution >= 4 is 42.7 Å². The van der Waals surface area contributed by atoms with Gasteiger partial charge in [0, 0.05) is 4.47 Å². The van der Waals surface area contributed by atoms with E-state index in [4.69, 9.17) is 0 Å². The Balaban J connectivity index is 2.54. The van der Waals surface area contributed by atoms with Gasteiger partial charge in [0.1, 0.15) is 0 Å². The van der Waals surface area contributed by atoms with Crippen LogP contribution in [0.3, 0.4) is 0 Å². The van der Waals surface area contributed by atoms with Crippen LogP contribution in [0, 0.1) is 0 Å². The number of anilines is 1. The lowest BCUT2D eigenvalue weighted by atomic mass is 10.3. The van der Waals surface area contributed by atoms with E-state index in [1.807, 2.05) is 0 Å². The Morgan fingerprint density at radius 1 is 1.29 bits per heavy atom. The molecule has 0 saturated heterocycles. The van der Waals surface area contributed by atoms with Gasteiger partial charge in [0.2, 0.25) is 10.0 Å². The van der Waals surface area contributed by atoms with Gasteiger partial charge in [-0.25, -0.2) is 13.2 Å². The van der Waals surface area contributed by atoms with E-state index in [0.29, 0.717) is 21.2 Å². The van der Waals surface area contributed by atoms with Crippen molar-refractivity contribution in [2.75, 3.05) is 10.5 Å². The Morgan fingerprint density at radius 2 is 1.88 bits per heavy atom. The van der Waals surface area contributed by atoms with Gasteiger partial charge in [0.15, 0.2) is 0 Å². The van der Waals surface area contributed by atoms with E-state index >= 15 is 0 Å². The van der Waals surface area contributed by atoms with Gasteiger partial charge < -0.3 is 9.97 Å².